The summed E-state index contributed by atoms with van der Waals surface area (Å²) >= 11 is 0. The highest BCUT2D eigenvalue weighted by Crippen LogP contribution is 2.44. The number of hydrogen-bond acceptors (Lipinski definition) is 9. The zero-order valence-electron chi connectivity index (χ0n) is 54.5. The van der Waals surface area contributed by atoms with Crippen molar-refractivity contribution < 1.29 is 53.9 Å². The van der Waals surface area contributed by atoms with Crippen molar-refractivity contribution in [1.82, 2.24) is 44.4 Å². The normalized spacial score (nSPS) is 23.5. The second-order valence-corrected chi connectivity index (χ2v) is 28.2. The maximum Gasteiger partial charge on any atom is 0.418 e. The number of likely N-dealkylation sites (tertiary alicyclic amines) is 6. The Morgan fingerprint density at radius 3 is 0.863 bits per heavy atom. The van der Waals surface area contributed by atoms with E-state index in [0.29, 0.717) is 90.6 Å². The molecule has 6 aliphatic heterocycles. The van der Waals surface area contributed by atoms with Crippen molar-refractivity contribution >= 4 is 50.4 Å². The van der Waals surface area contributed by atoms with Crippen LogP contribution < -0.4 is 0 Å². The summed E-state index contributed by atoms with van der Waals surface area (Å²) in [5.74, 6) is 2.76. The van der Waals surface area contributed by atoms with Gasteiger partial charge in [0, 0.05) is 111 Å². The molecule has 95 heavy (non-hydrogen) atoms. The third-order valence-corrected chi connectivity index (χ3v) is 20.6. The van der Waals surface area contributed by atoms with E-state index < -0.39 is 35.2 Å². The van der Waals surface area contributed by atoms with Crippen molar-refractivity contribution in [3.63, 3.8) is 0 Å². The molecule has 9 heterocycles. The molecule has 12 rings (SSSR count). The molecule has 520 valence electrons. The van der Waals surface area contributed by atoms with Gasteiger partial charge in [0.2, 0.25) is 17.7 Å². The molecule has 0 saturated carbocycles. The fourth-order valence-electron chi connectivity index (χ4n) is 15.6. The van der Waals surface area contributed by atoms with E-state index in [1.54, 1.807) is 54.6 Å². The SMILES string of the molecule is C.C.CC1CC(c2ccc(C(F)(F)F)c3ncccc23)CN(C(=O)CC2CCN(C)CC2)C1.C[C@@H]1C[C@H](c2ccc(C(F)(F)F)c3ncccc23)CN(C(=O)CC2CCN(C)CC2)C1.C[C@H]1C[C@@H](c2ccc(C(F)(F)F)c3ncccc23)CN(C(=O)CC2CCN(C)CC2)C1. The summed E-state index contributed by atoms with van der Waals surface area (Å²) in [6, 6.07) is 18.4. The molecule has 2 unspecified atom stereocenters. The monoisotopic (exact) mass is 1330 g/mol. The van der Waals surface area contributed by atoms with Crippen molar-refractivity contribution in [2.75, 3.05) is 99.7 Å². The number of amides is 3. The molecular formula is C74H98F9N9O3. The quantitative estimate of drug-likeness (QED) is 0.131. The summed E-state index contributed by atoms with van der Waals surface area (Å²) in [5.41, 5.74) is 0.460. The second-order valence-electron chi connectivity index (χ2n) is 28.2. The van der Waals surface area contributed by atoms with Gasteiger partial charge in [0.1, 0.15) is 0 Å². The smallest absolute Gasteiger partial charge is 0.342 e. The Morgan fingerprint density at radius 2 is 0.632 bits per heavy atom. The fourth-order valence-corrected chi connectivity index (χ4v) is 15.6. The van der Waals surface area contributed by atoms with Crippen molar-refractivity contribution in [1.29, 1.82) is 0 Å². The number of nitrogens with zero attached hydrogens (tertiary/aromatic N) is 9. The highest BCUT2D eigenvalue weighted by Gasteiger charge is 2.40. The van der Waals surface area contributed by atoms with Gasteiger partial charge < -0.3 is 29.4 Å². The number of carbonyl (C=O) groups excluding carboxylic acids is 3. The number of benzene rings is 3. The van der Waals surface area contributed by atoms with Gasteiger partial charge in [-0.15, -0.1) is 0 Å². The average Bonchev–Trinajstić information content (AvgIpc) is 0.785. The number of alkyl halides is 9. The fraction of sp³-hybridized carbons (Fsp3) is 0.595. The van der Waals surface area contributed by atoms with Crippen LogP contribution in [0.4, 0.5) is 39.5 Å². The lowest BCUT2D eigenvalue weighted by Crippen LogP contribution is -2.43. The largest absolute Gasteiger partial charge is 0.418 e. The summed E-state index contributed by atoms with van der Waals surface area (Å²) < 4.78 is 121. The van der Waals surface area contributed by atoms with Gasteiger partial charge in [-0.25, -0.2) is 0 Å². The maximum atomic E-state index is 13.5. The number of piperidine rings is 6. The van der Waals surface area contributed by atoms with E-state index in [2.05, 4.69) is 71.6 Å². The van der Waals surface area contributed by atoms with Gasteiger partial charge in [-0.05, 0) is 207 Å². The van der Waals surface area contributed by atoms with E-state index in [9.17, 15) is 53.9 Å². The molecular weight excluding hydrogens is 1230 g/mol. The van der Waals surface area contributed by atoms with Crippen LogP contribution in [-0.2, 0) is 32.9 Å². The zero-order chi connectivity index (χ0) is 66.5. The molecule has 21 heteroatoms. The van der Waals surface area contributed by atoms with E-state index in [0.717, 1.165) is 152 Å². The first-order valence-corrected chi connectivity index (χ1v) is 33.4. The van der Waals surface area contributed by atoms with Crippen molar-refractivity contribution in [3.8, 4) is 0 Å². The Kier molecular flexibility index (Phi) is 24.9. The molecule has 0 spiro atoms. The first kappa shape index (κ1) is 74.3. The van der Waals surface area contributed by atoms with Crippen molar-refractivity contribution in [2.45, 2.75) is 149 Å². The molecule has 6 aromatic rings. The molecule has 0 radical (unpaired) electrons. The zero-order valence-corrected chi connectivity index (χ0v) is 54.5. The third-order valence-electron chi connectivity index (χ3n) is 20.6. The molecule has 0 bridgehead atoms. The van der Waals surface area contributed by atoms with Crippen LogP contribution in [0.3, 0.4) is 0 Å². The minimum Gasteiger partial charge on any atom is -0.342 e. The van der Waals surface area contributed by atoms with Crippen LogP contribution in [0.5, 0.6) is 0 Å². The van der Waals surface area contributed by atoms with Gasteiger partial charge >= 0.3 is 18.5 Å². The van der Waals surface area contributed by atoms with Crippen LogP contribution in [0.15, 0.2) is 91.4 Å². The standard InChI is InChI=1S/3C24H30F3N3O.2CH4/c3*1-16-12-18(15-30(14-16)22(31)13-17-7-10-29(2)11-8-17)19-5-6-21(24(25,26)27)23-20(19)4-3-9-28-23;;/h3*3-6,9,16-18H,7-8,10-15H2,1-2H3;2*1H4/t2*16-,18+;;;/m10.../s1. The molecule has 6 atom stereocenters. The Hall–Kier alpha value is -6.45. The number of pyridine rings is 3. The Balaban J connectivity index is 0.000000181. The number of halogens is 9. The van der Waals surface area contributed by atoms with Gasteiger partial charge in [-0.3, -0.25) is 29.3 Å². The molecule has 3 amide bonds. The second kappa shape index (κ2) is 31.8. The van der Waals surface area contributed by atoms with Gasteiger partial charge in [0.15, 0.2) is 0 Å². The highest BCUT2D eigenvalue weighted by atomic mass is 19.4. The Labute approximate surface area is 555 Å². The molecule has 0 N–H and O–H groups in total. The van der Waals surface area contributed by atoms with Crippen LogP contribution in [0.1, 0.15) is 164 Å². The molecule has 12 nitrogen and oxygen atoms in total. The third kappa shape index (κ3) is 18.6. The maximum absolute atomic E-state index is 13.5. The summed E-state index contributed by atoms with van der Waals surface area (Å²) in [6.07, 6.45) is 1.44. The van der Waals surface area contributed by atoms with Crippen LogP contribution >= 0.6 is 0 Å². The number of hydrogen-bond donors (Lipinski definition) is 0. The highest BCUT2D eigenvalue weighted by molar-refractivity contribution is 5.88. The molecule has 0 aliphatic carbocycles. The minimum absolute atomic E-state index is 0. The first-order chi connectivity index (χ1) is 44.2. The average molecular weight is 1330 g/mol. The summed E-state index contributed by atoms with van der Waals surface area (Å²) in [6.45, 7) is 16.4. The lowest BCUT2D eigenvalue weighted by atomic mass is 9.82. The molecule has 6 fully saturated rings. The van der Waals surface area contributed by atoms with Crippen LogP contribution in [-0.4, -0.2) is 162 Å². The molecule has 6 aliphatic rings. The predicted octanol–water partition coefficient (Wildman–Crippen LogP) is 16.1. The number of carbonyl (C=O) groups is 3. The van der Waals surface area contributed by atoms with Crippen LogP contribution in [0.25, 0.3) is 32.7 Å². The number of aromatic nitrogens is 3. The number of fused-ring (bicyclic) bond motifs is 3. The van der Waals surface area contributed by atoms with Gasteiger partial charge in [-0.2, -0.15) is 39.5 Å². The van der Waals surface area contributed by atoms with Crippen LogP contribution in [0, 0.1) is 35.5 Å². The van der Waals surface area contributed by atoms with Gasteiger partial charge in [0.25, 0.3) is 0 Å². The lowest BCUT2D eigenvalue weighted by molar-refractivity contribution is -0.137. The minimum atomic E-state index is -4.44. The topological polar surface area (TPSA) is 109 Å². The lowest BCUT2D eigenvalue weighted by Gasteiger charge is -2.38. The van der Waals surface area contributed by atoms with E-state index in [1.165, 1.54) is 18.6 Å². The predicted molar refractivity (Wildman–Crippen MR) is 358 cm³/mol. The first-order valence-electron chi connectivity index (χ1n) is 33.4. The van der Waals surface area contributed by atoms with E-state index in [1.807, 2.05) is 14.7 Å². The summed E-state index contributed by atoms with van der Waals surface area (Å²) in [5, 5.41) is 1.62. The van der Waals surface area contributed by atoms with E-state index in [4.69, 9.17) is 0 Å². The number of rotatable bonds is 9. The Morgan fingerprint density at radius 1 is 0.389 bits per heavy atom. The van der Waals surface area contributed by atoms with E-state index in [-0.39, 0.29) is 66.9 Å². The van der Waals surface area contributed by atoms with Crippen LogP contribution in [0.2, 0.25) is 0 Å². The molecule has 6 saturated heterocycles. The Bertz CT molecular complexity index is 3180. The van der Waals surface area contributed by atoms with Crippen molar-refractivity contribution in [2.24, 2.45) is 35.5 Å². The summed E-state index contributed by atoms with van der Waals surface area (Å²) in [4.78, 5) is 64.1. The molecule has 3 aromatic heterocycles. The van der Waals surface area contributed by atoms with Gasteiger partial charge in [-0.1, -0.05) is 72.0 Å². The summed E-state index contributed by atoms with van der Waals surface area (Å²) in [7, 11) is 6.33. The molecule has 3 aromatic carbocycles. The van der Waals surface area contributed by atoms with E-state index >= 15 is 0 Å². The van der Waals surface area contributed by atoms with Crippen molar-refractivity contribution in [3.05, 3.63) is 125 Å². The van der Waals surface area contributed by atoms with Gasteiger partial charge in [0.05, 0.1) is 33.2 Å².